The summed E-state index contributed by atoms with van der Waals surface area (Å²) in [5.74, 6) is 0.0813. The van der Waals surface area contributed by atoms with E-state index in [9.17, 15) is 14.0 Å². The van der Waals surface area contributed by atoms with Gasteiger partial charge >= 0.3 is 0 Å². The molecule has 2 rings (SSSR count). The van der Waals surface area contributed by atoms with Crippen LogP contribution in [-0.4, -0.2) is 51.5 Å². The van der Waals surface area contributed by atoms with Crippen LogP contribution >= 0.6 is 24.0 Å². The first-order valence-corrected chi connectivity index (χ1v) is 9.78. The van der Waals surface area contributed by atoms with Crippen molar-refractivity contribution in [3.63, 3.8) is 0 Å². The number of amides is 2. The lowest BCUT2D eigenvalue weighted by Gasteiger charge is -2.12. The molecule has 0 atom stereocenters. The Labute approximate surface area is 199 Å². The average molecular weight is 541 g/mol. The average Bonchev–Trinajstić information content (AvgIpc) is 2.76. The van der Waals surface area contributed by atoms with E-state index in [1.165, 1.54) is 12.1 Å². The largest absolute Gasteiger partial charge is 0.356 e. The zero-order valence-electron chi connectivity index (χ0n) is 17.7. The van der Waals surface area contributed by atoms with Crippen molar-refractivity contribution in [3.05, 3.63) is 71.0 Å². The van der Waals surface area contributed by atoms with Gasteiger partial charge < -0.3 is 21.3 Å². The minimum atomic E-state index is -0.318. The molecule has 0 aliphatic rings. The molecular weight excluding hydrogens is 512 g/mol. The molecule has 4 N–H and O–H groups in total. The van der Waals surface area contributed by atoms with Crippen molar-refractivity contribution in [2.75, 3.05) is 33.7 Å². The minimum absolute atomic E-state index is 0. The maximum absolute atomic E-state index is 12.9. The molecule has 0 aromatic heterocycles. The SMILES string of the molecule is CN=C(NCCNC(=O)Cc1ccc(F)cc1)NCCc1cccc(C(=O)NC)c1.I. The quantitative estimate of drug-likeness (QED) is 0.169. The second kappa shape index (κ2) is 14.3. The van der Waals surface area contributed by atoms with E-state index in [1.807, 2.05) is 18.2 Å². The summed E-state index contributed by atoms with van der Waals surface area (Å²) in [7, 11) is 3.28. The third-order valence-corrected chi connectivity index (χ3v) is 4.36. The fraction of sp³-hybridized carbons (Fsp3) is 0.318. The Hall–Kier alpha value is -2.69. The summed E-state index contributed by atoms with van der Waals surface area (Å²) in [5.41, 5.74) is 2.45. The van der Waals surface area contributed by atoms with E-state index in [1.54, 1.807) is 32.3 Å². The summed E-state index contributed by atoms with van der Waals surface area (Å²) in [6, 6.07) is 13.4. The number of nitrogens with zero attached hydrogens (tertiary/aromatic N) is 1. The smallest absolute Gasteiger partial charge is 0.251 e. The number of benzene rings is 2. The highest BCUT2D eigenvalue weighted by Gasteiger charge is 2.05. The molecule has 0 aliphatic heterocycles. The highest BCUT2D eigenvalue weighted by atomic mass is 127. The van der Waals surface area contributed by atoms with Crippen LogP contribution in [0.25, 0.3) is 0 Å². The molecule has 0 saturated carbocycles. The third kappa shape index (κ3) is 9.77. The van der Waals surface area contributed by atoms with Crippen LogP contribution in [0.4, 0.5) is 4.39 Å². The molecule has 2 aromatic carbocycles. The lowest BCUT2D eigenvalue weighted by molar-refractivity contribution is -0.120. The van der Waals surface area contributed by atoms with Gasteiger partial charge in [-0.25, -0.2) is 4.39 Å². The molecule has 2 amide bonds. The number of aliphatic imine (C=N–C) groups is 1. The fourth-order valence-electron chi connectivity index (χ4n) is 2.79. The first-order valence-electron chi connectivity index (χ1n) is 9.78. The topological polar surface area (TPSA) is 94.6 Å². The van der Waals surface area contributed by atoms with Gasteiger partial charge in [-0.3, -0.25) is 14.6 Å². The summed E-state index contributed by atoms with van der Waals surface area (Å²) in [6.07, 6.45) is 0.947. The third-order valence-electron chi connectivity index (χ3n) is 4.36. The summed E-state index contributed by atoms with van der Waals surface area (Å²) in [5, 5.41) is 11.8. The number of carbonyl (C=O) groups excluding carboxylic acids is 2. The van der Waals surface area contributed by atoms with E-state index in [0.29, 0.717) is 31.2 Å². The van der Waals surface area contributed by atoms with Gasteiger partial charge in [0.1, 0.15) is 5.82 Å². The molecule has 0 bridgehead atoms. The Morgan fingerprint density at radius 2 is 1.61 bits per heavy atom. The van der Waals surface area contributed by atoms with Crippen molar-refractivity contribution in [1.82, 2.24) is 21.3 Å². The van der Waals surface area contributed by atoms with Gasteiger partial charge in [0.25, 0.3) is 5.91 Å². The fourth-order valence-corrected chi connectivity index (χ4v) is 2.79. The molecule has 31 heavy (non-hydrogen) atoms. The zero-order valence-corrected chi connectivity index (χ0v) is 20.0. The van der Waals surface area contributed by atoms with E-state index in [0.717, 1.165) is 17.5 Å². The Balaban J connectivity index is 0.00000480. The normalized spacial score (nSPS) is 10.6. The molecule has 0 radical (unpaired) electrons. The van der Waals surface area contributed by atoms with E-state index < -0.39 is 0 Å². The summed E-state index contributed by atoms with van der Waals surface area (Å²) in [6.45, 7) is 1.60. The first kappa shape index (κ1) is 26.3. The minimum Gasteiger partial charge on any atom is -0.356 e. The highest BCUT2D eigenvalue weighted by Crippen LogP contribution is 2.06. The van der Waals surface area contributed by atoms with Crippen LogP contribution in [0.2, 0.25) is 0 Å². The summed E-state index contributed by atoms with van der Waals surface area (Å²) >= 11 is 0. The Bertz CT molecular complexity index is 874. The predicted molar refractivity (Wildman–Crippen MR) is 131 cm³/mol. The van der Waals surface area contributed by atoms with Crippen LogP contribution in [0, 0.1) is 5.82 Å². The van der Waals surface area contributed by atoms with Gasteiger partial charge in [0.15, 0.2) is 5.96 Å². The standard InChI is InChI=1S/C22H28FN5O2.HI/c1-24-21(30)18-5-3-4-16(14-18)10-11-27-22(25-2)28-13-12-26-20(29)15-17-6-8-19(23)9-7-17;/h3-9,14H,10-13,15H2,1-2H3,(H,24,30)(H,26,29)(H2,25,27,28);1H. The van der Waals surface area contributed by atoms with Crippen LogP contribution in [0.5, 0.6) is 0 Å². The van der Waals surface area contributed by atoms with E-state index in [4.69, 9.17) is 0 Å². The molecular formula is C22H29FIN5O2. The number of nitrogens with one attached hydrogen (secondary N) is 4. The van der Waals surface area contributed by atoms with Crippen LogP contribution in [-0.2, 0) is 17.6 Å². The van der Waals surface area contributed by atoms with Gasteiger partial charge in [-0.2, -0.15) is 0 Å². The first-order chi connectivity index (χ1) is 14.5. The van der Waals surface area contributed by atoms with Crippen molar-refractivity contribution >= 4 is 41.8 Å². The number of carbonyl (C=O) groups is 2. The monoisotopic (exact) mass is 541 g/mol. The lowest BCUT2D eigenvalue weighted by Crippen LogP contribution is -2.42. The number of hydrogen-bond donors (Lipinski definition) is 4. The molecule has 168 valence electrons. The second-order valence-corrected chi connectivity index (χ2v) is 6.61. The molecule has 2 aromatic rings. The summed E-state index contributed by atoms with van der Waals surface area (Å²) < 4.78 is 12.9. The molecule has 0 heterocycles. The van der Waals surface area contributed by atoms with Gasteiger partial charge in [-0.1, -0.05) is 24.3 Å². The molecule has 7 nitrogen and oxygen atoms in total. The molecule has 9 heteroatoms. The van der Waals surface area contributed by atoms with Crippen LogP contribution < -0.4 is 21.3 Å². The van der Waals surface area contributed by atoms with Crippen molar-refractivity contribution in [3.8, 4) is 0 Å². The molecule has 0 saturated heterocycles. The molecule has 0 aliphatic carbocycles. The highest BCUT2D eigenvalue weighted by molar-refractivity contribution is 14.0. The molecule has 0 unspecified atom stereocenters. The molecule has 0 fully saturated rings. The lowest BCUT2D eigenvalue weighted by atomic mass is 10.1. The van der Waals surface area contributed by atoms with Gasteiger partial charge in [0.05, 0.1) is 6.42 Å². The Morgan fingerprint density at radius 3 is 2.29 bits per heavy atom. The van der Waals surface area contributed by atoms with Crippen molar-refractivity contribution < 1.29 is 14.0 Å². The van der Waals surface area contributed by atoms with E-state index in [-0.39, 0.29) is 48.0 Å². The number of guanidine groups is 1. The van der Waals surface area contributed by atoms with E-state index in [2.05, 4.69) is 26.3 Å². The van der Waals surface area contributed by atoms with Gasteiger partial charge in [0, 0.05) is 39.3 Å². The number of halogens is 2. The predicted octanol–water partition coefficient (Wildman–Crippen LogP) is 1.87. The van der Waals surface area contributed by atoms with Crippen molar-refractivity contribution in [2.24, 2.45) is 4.99 Å². The Kier molecular flexibility index (Phi) is 12.2. The number of rotatable bonds is 9. The number of hydrogen-bond acceptors (Lipinski definition) is 3. The maximum Gasteiger partial charge on any atom is 0.251 e. The van der Waals surface area contributed by atoms with Gasteiger partial charge in [-0.15, -0.1) is 24.0 Å². The van der Waals surface area contributed by atoms with Crippen LogP contribution in [0.15, 0.2) is 53.5 Å². The van der Waals surface area contributed by atoms with Crippen LogP contribution in [0.3, 0.4) is 0 Å². The van der Waals surface area contributed by atoms with Crippen molar-refractivity contribution in [2.45, 2.75) is 12.8 Å². The Morgan fingerprint density at radius 1 is 0.935 bits per heavy atom. The van der Waals surface area contributed by atoms with Gasteiger partial charge in [-0.05, 0) is 41.8 Å². The summed E-state index contributed by atoms with van der Waals surface area (Å²) in [4.78, 5) is 27.8. The van der Waals surface area contributed by atoms with Gasteiger partial charge in [0.2, 0.25) is 5.91 Å². The van der Waals surface area contributed by atoms with Crippen LogP contribution in [0.1, 0.15) is 21.5 Å². The van der Waals surface area contributed by atoms with E-state index >= 15 is 0 Å². The molecule has 0 spiro atoms. The van der Waals surface area contributed by atoms with Crippen molar-refractivity contribution in [1.29, 1.82) is 0 Å². The maximum atomic E-state index is 12.9. The second-order valence-electron chi connectivity index (χ2n) is 6.61. The zero-order chi connectivity index (χ0) is 21.8.